The molecule has 2 heterocycles. The van der Waals surface area contributed by atoms with Crippen LogP contribution < -0.4 is 5.69 Å². The molecular weight excluding hydrogens is 258 g/mol. The number of carbonyl (C=O) groups excluding carboxylic acids is 1. The van der Waals surface area contributed by atoms with Gasteiger partial charge in [-0.15, -0.1) is 5.10 Å². The van der Waals surface area contributed by atoms with Crippen molar-refractivity contribution in [2.45, 2.75) is 26.3 Å². The van der Waals surface area contributed by atoms with E-state index in [1.54, 1.807) is 17.3 Å². The van der Waals surface area contributed by atoms with Gasteiger partial charge in [-0.1, -0.05) is 13.3 Å². The maximum absolute atomic E-state index is 12.3. The highest BCUT2D eigenvalue weighted by molar-refractivity contribution is 5.90. The minimum atomic E-state index is -0.479. The molecule has 0 bridgehead atoms. The summed E-state index contributed by atoms with van der Waals surface area (Å²) in [6.07, 6.45) is 5.26. The zero-order valence-corrected chi connectivity index (χ0v) is 11.3. The molecule has 1 amide bonds. The SMILES string of the molecule is CCCCN(Cc1ccncc1)C(=O)c1n[nH]c(=O)[nH]1. The summed E-state index contributed by atoms with van der Waals surface area (Å²) < 4.78 is 0. The molecule has 2 rings (SSSR count). The minimum absolute atomic E-state index is 0.0418. The van der Waals surface area contributed by atoms with Crippen LogP contribution in [0.4, 0.5) is 0 Å². The molecule has 0 saturated carbocycles. The van der Waals surface area contributed by atoms with Gasteiger partial charge in [-0.05, 0) is 24.1 Å². The summed E-state index contributed by atoms with van der Waals surface area (Å²) in [5, 5.41) is 5.90. The summed E-state index contributed by atoms with van der Waals surface area (Å²) >= 11 is 0. The number of nitrogens with one attached hydrogen (secondary N) is 2. The van der Waals surface area contributed by atoms with E-state index in [9.17, 15) is 9.59 Å². The van der Waals surface area contributed by atoms with Crippen LogP contribution in [0.1, 0.15) is 35.9 Å². The van der Waals surface area contributed by atoms with Gasteiger partial charge in [-0.2, -0.15) is 0 Å². The maximum Gasteiger partial charge on any atom is 0.341 e. The molecule has 2 N–H and O–H groups in total. The van der Waals surface area contributed by atoms with Gasteiger partial charge in [0.1, 0.15) is 0 Å². The molecule has 0 spiro atoms. The van der Waals surface area contributed by atoms with Crippen molar-refractivity contribution in [1.29, 1.82) is 0 Å². The van der Waals surface area contributed by atoms with Crippen LogP contribution in [-0.2, 0) is 6.54 Å². The molecule has 0 radical (unpaired) electrons. The van der Waals surface area contributed by atoms with E-state index in [-0.39, 0.29) is 11.7 Å². The van der Waals surface area contributed by atoms with Crippen LogP contribution in [0.15, 0.2) is 29.3 Å². The zero-order chi connectivity index (χ0) is 14.4. The number of hydrogen-bond donors (Lipinski definition) is 2. The fourth-order valence-corrected chi connectivity index (χ4v) is 1.83. The quantitative estimate of drug-likeness (QED) is 0.820. The van der Waals surface area contributed by atoms with Gasteiger partial charge < -0.3 is 4.90 Å². The molecule has 106 valence electrons. The van der Waals surface area contributed by atoms with Gasteiger partial charge in [-0.3, -0.25) is 14.8 Å². The highest BCUT2D eigenvalue weighted by Crippen LogP contribution is 2.07. The smallest absolute Gasteiger partial charge is 0.332 e. The van der Waals surface area contributed by atoms with Crippen LogP contribution in [0.3, 0.4) is 0 Å². The van der Waals surface area contributed by atoms with Crippen molar-refractivity contribution >= 4 is 5.91 Å². The largest absolute Gasteiger partial charge is 0.341 e. The Morgan fingerprint density at radius 2 is 2.10 bits per heavy atom. The Balaban J connectivity index is 2.14. The standard InChI is InChI=1S/C13H17N5O2/c1-2-3-8-18(9-10-4-6-14-7-5-10)12(19)11-15-13(20)17-16-11/h4-7H,2-3,8-9H2,1H3,(H2,15,16,17,20). The van der Waals surface area contributed by atoms with Crippen molar-refractivity contribution in [2.75, 3.05) is 6.54 Å². The lowest BCUT2D eigenvalue weighted by molar-refractivity contribution is 0.0728. The summed E-state index contributed by atoms with van der Waals surface area (Å²) in [6, 6.07) is 3.72. The number of carbonyl (C=O) groups is 1. The van der Waals surface area contributed by atoms with Crippen molar-refractivity contribution in [1.82, 2.24) is 25.1 Å². The first-order valence-corrected chi connectivity index (χ1v) is 6.53. The number of H-pyrrole nitrogens is 2. The predicted octanol–water partition coefficient (Wildman–Crippen LogP) is 0.935. The molecule has 0 aliphatic rings. The van der Waals surface area contributed by atoms with Gasteiger partial charge in [0, 0.05) is 25.5 Å². The molecule has 7 nitrogen and oxygen atoms in total. The lowest BCUT2D eigenvalue weighted by Gasteiger charge is -2.21. The number of nitrogens with zero attached hydrogens (tertiary/aromatic N) is 3. The molecule has 7 heteroatoms. The average molecular weight is 275 g/mol. The molecule has 2 aromatic rings. The maximum atomic E-state index is 12.3. The second kappa shape index (κ2) is 6.65. The third-order valence-corrected chi connectivity index (χ3v) is 2.90. The van der Waals surface area contributed by atoms with E-state index in [0.717, 1.165) is 18.4 Å². The monoisotopic (exact) mass is 275 g/mol. The average Bonchev–Trinajstić information content (AvgIpc) is 2.90. The second-order valence-electron chi connectivity index (χ2n) is 4.46. The van der Waals surface area contributed by atoms with Crippen molar-refractivity contribution in [3.05, 3.63) is 46.4 Å². The minimum Gasteiger partial charge on any atom is -0.332 e. The summed E-state index contributed by atoms with van der Waals surface area (Å²) in [7, 11) is 0. The van der Waals surface area contributed by atoms with Gasteiger partial charge in [0.05, 0.1) is 0 Å². The molecule has 0 unspecified atom stereocenters. The van der Waals surface area contributed by atoms with Gasteiger partial charge in [0.25, 0.3) is 5.91 Å². The van der Waals surface area contributed by atoms with E-state index in [2.05, 4.69) is 27.1 Å². The number of unbranched alkanes of at least 4 members (excludes halogenated alkanes) is 1. The summed E-state index contributed by atoms with van der Waals surface area (Å²) in [5.74, 6) is -0.242. The van der Waals surface area contributed by atoms with Gasteiger partial charge in [0.2, 0.25) is 5.82 Å². The summed E-state index contributed by atoms with van der Waals surface area (Å²) in [4.78, 5) is 31.4. The molecule has 0 atom stereocenters. The molecule has 0 aliphatic carbocycles. The molecule has 20 heavy (non-hydrogen) atoms. The third kappa shape index (κ3) is 3.53. The Kier molecular flexibility index (Phi) is 4.65. The number of amides is 1. The Morgan fingerprint density at radius 1 is 1.35 bits per heavy atom. The molecule has 0 aromatic carbocycles. The van der Waals surface area contributed by atoms with Gasteiger partial charge in [-0.25, -0.2) is 9.89 Å². The number of pyridine rings is 1. The summed E-state index contributed by atoms with van der Waals surface area (Å²) in [6.45, 7) is 3.15. The predicted molar refractivity (Wildman–Crippen MR) is 73.1 cm³/mol. The van der Waals surface area contributed by atoms with E-state index in [1.807, 2.05) is 12.1 Å². The Morgan fingerprint density at radius 3 is 2.70 bits per heavy atom. The lowest BCUT2D eigenvalue weighted by atomic mass is 10.2. The first-order valence-electron chi connectivity index (χ1n) is 6.53. The highest BCUT2D eigenvalue weighted by Gasteiger charge is 2.18. The Labute approximate surface area is 116 Å². The van der Waals surface area contributed by atoms with E-state index < -0.39 is 5.69 Å². The summed E-state index contributed by atoms with van der Waals surface area (Å²) in [5.41, 5.74) is 0.509. The molecule has 0 aliphatic heterocycles. The number of aromatic amines is 2. The van der Waals surface area contributed by atoms with Crippen LogP contribution in [0.2, 0.25) is 0 Å². The first-order chi connectivity index (χ1) is 9.70. The molecule has 2 aromatic heterocycles. The Hall–Kier alpha value is -2.44. The normalized spacial score (nSPS) is 10.4. The fourth-order valence-electron chi connectivity index (χ4n) is 1.83. The van der Waals surface area contributed by atoms with Crippen LogP contribution in [-0.4, -0.2) is 37.5 Å². The lowest BCUT2D eigenvalue weighted by Crippen LogP contribution is -2.32. The van der Waals surface area contributed by atoms with Crippen molar-refractivity contribution < 1.29 is 4.79 Å². The topological polar surface area (TPSA) is 94.7 Å². The Bertz CT molecular complexity index is 604. The molecule has 0 fully saturated rings. The van der Waals surface area contributed by atoms with E-state index in [4.69, 9.17) is 0 Å². The van der Waals surface area contributed by atoms with Gasteiger partial charge in [0.15, 0.2) is 0 Å². The number of aromatic nitrogens is 4. The number of hydrogen-bond acceptors (Lipinski definition) is 4. The van der Waals surface area contributed by atoms with Crippen molar-refractivity contribution in [3.8, 4) is 0 Å². The van der Waals surface area contributed by atoms with E-state index in [0.29, 0.717) is 13.1 Å². The van der Waals surface area contributed by atoms with E-state index >= 15 is 0 Å². The van der Waals surface area contributed by atoms with Gasteiger partial charge >= 0.3 is 5.69 Å². The molecule has 0 saturated heterocycles. The van der Waals surface area contributed by atoms with Crippen molar-refractivity contribution in [2.24, 2.45) is 0 Å². The zero-order valence-electron chi connectivity index (χ0n) is 11.3. The van der Waals surface area contributed by atoms with Crippen LogP contribution in [0, 0.1) is 0 Å². The van der Waals surface area contributed by atoms with Crippen LogP contribution in [0.5, 0.6) is 0 Å². The first kappa shape index (κ1) is 14.0. The highest BCUT2D eigenvalue weighted by atomic mass is 16.2. The molecular formula is C13H17N5O2. The van der Waals surface area contributed by atoms with E-state index in [1.165, 1.54) is 0 Å². The van der Waals surface area contributed by atoms with Crippen LogP contribution >= 0.6 is 0 Å². The fraction of sp³-hybridized carbons (Fsp3) is 0.385. The number of rotatable bonds is 6. The van der Waals surface area contributed by atoms with Crippen LogP contribution in [0.25, 0.3) is 0 Å². The second-order valence-corrected chi connectivity index (χ2v) is 4.46. The third-order valence-electron chi connectivity index (χ3n) is 2.90. The van der Waals surface area contributed by atoms with Crippen molar-refractivity contribution in [3.63, 3.8) is 0 Å².